The van der Waals surface area contributed by atoms with Gasteiger partial charge in [0.05, 0.1) is 25.0 Å². The molecule has 2 heterocycles. The summed E-state index contributed by atoms with van der Waals surface area (Å²) in [4.78, 5) is 4.00. The van der Waals surface area contributed by atoms with Crippen LogP contribution in [0.4, 0.5) is 5.69 Å². The Morgan fingerprint density at radius 3 is 3.11 bits per heavy atom. The summed E-state index contributed by atoms with van der Waals surface area (Å²) in [6, 6.07) is 1.61. The summed E-state index contributed by atoms with van der Waals surface area (Å²) in [5.41, 5.74) is 0.502. The molecule has 0 amide bonds. The van der Waals surface area contributed by atoms with Gasteiger partial charge in [-0.25, -0.2) is 8.42 Å². The lowest BCUT2D eigenvalue weighted by molar-refractivity contribution is -0.0304. The molecule has 1 atom stereocenters. The lowest BCUT2D eigenvalue weighted by Gasteiger charge is -2.31. The van der Waals surface area contributed by atoms with Gasteiger partial charge >= 0.3 is 0 Å². The van der Waals surface area contributed by atoms with Gasteiger partial charge in [0.2, 0.25) is 10.0 Å². The van der Waals surface area contributed by atoms with Crippen molar-refractivity contribution < 1.29 is 18.3 Å². The third kappa shape index (κ3) is 2.86. The minimum absolute atomic E-state index is 0.135. The van der Waals surface area contributed by atoms with Crippen LogP contribution in [0.25, 0.3) is 0 Å². The van der Waals surface area contributed by atoms with Crippen molar-refractivity contribution in [3.63, 3.8) is 0 Å². The number of ether oxygens (including phenoxy) is 1. The summed E-state index contributed by atoms with van der Waals surface area (Å²) in [7, 11) is -1.97. The van der Waals surface area contributed by atoms with Crippen molar-refractivity contribution in [2.24, 2.45) is 0 Å². The molecular formula is C11H17N3O4S. The van der Waals surface area contributed by atoms with Gasteiger partial charge in [0.25, 0.3) is 0 Å². The van der Waals surface area contributed by atoms with E-state index in [-0.39, 0.29) is 31.2 Å². The molecule has 1 unspecified atom stereocenters. The highest BCUT2D eigenvalue weighted by molar-refractivity contribution is 7.89. The number of aliphatic hydroxyl groups is 1. The van der Waals surface area contributed by atoms with E-state index in [9.17, 15) is 8.42 Å². The van der Waals surface area contributed by atoms with Crippen molar-refractivity contribution in [3.8, 4) is 0 Å². The number of morpholine rings is 1. The quantitative estimate of drug-likeness (QED) is 0.776. The second-order valence-electron chi connectivity index (χ2n) is 4.16. The predicted molar refractivity (Wildman–Crippen MR) is 69.4 cm³/mol. The van der Waals surface area contributed by atoms with Crippen LogP contribution in [0.3, 0.4) is 0 Å². The molecule has 19 heavy (non-hydrogen) atoms. The van der Waals surface area contributed by atoms with Crippen molar-refractivity contribution >= 4 is 15.7 Å². The number of aromatic nitrogens is 1. The third-order valence-electron chi connectivity index (χ3n) is 2.98. The molecule has 1 aromatic rings. The fourth-order valence-electron chi connectivity index (χ4n) is 1.95. The zero-order valence-corrected chi connectivity index (χ0v) is 11.4. The summed E-state index contributed by atoms with van der Waals surface area (Å²) < 4.78 is 31.6. The molecule has 0 spiro atoms. The highest BCUT2D eigenvalue weighted by atomic mass is 32.2. The minimum atomic E-state index is -3.63. The van der Waals surface area contributed by atoms with Gasteiger partial charge in [-0.05, 0) is 6.07 Å². The van der Waals surface area contributed by atoms with E-state index in [1.807, 2.05) is 0 Å². The molecule has 1 fully saturated rings. The molecule has 2 rings (SSSR count). The summed E-state index contributed by atoms with van der Waals surface area (Å²) in [5.74, 6) is 0. The van der Waals surface area contributed by atoms with Crippen LogP contribution in [0.15, 0.2) is 23.4 Å². The van der Waals surface area contributed by atoms with E-state index in [0.29, 0.717) is 5.69 Å². The molecular weight excluding hydrogens is 270 g/mol. The number of anilines is 1. The van der Waals surface area contributed by atoms with Gasteiger partial charge in [0.1, 0.15) is 4.90 Å². The van der Waals surface area contributed by atoms with Gasteiger partial charge in [-0.3, -0.25) is 4.98 Å². The molecule has 1 aromatic heterocycles. The number of rotatable bonds is 4. The normalized spacial score (nSPS) is 21.3. The standard InChI is InChI=1S/C11H17N3O4S/c1-12-10-2-3-13-6-11(10)19(16,17)14-4-5-18-9(7-14)8-15/h2-3,6,9,15H,4-5,7-8H2,1H3,(H,12,13). The Balaban J connectivity index is 2.31. The Hall–Kier alpha value is -1.22. The molecule has 8 heteroatoms. The Bertz CT molecular complexity index is 534. The molecule has 2 N–H and O–H groups in total. The van der Waals surface area contributed by atoms with Crippen molar-refractivity contribution in [1.29, 1.82) is 0 Å². The minimum Gasteiger partial charge on any atom is -0.394 e. The average Bonchev–Trinajstić information content (AvgIpc) is 2.47. The van der Waals surface area contributed by atoms with E-state index in [0.717, 1.165) is 0 Å². The van der Waals surface area contributed by atoms with Crippen molar-refractivity contribution in [1.82, 2.24) is 9.29 Å². The van der Waals surface area contributed by atoms with Crippen LogP contribution in [-0.2, 0) is 14.8 Å². The van der Waals surface area contributed by atoms with E-state index in [4.69, 9.17) is 9.84 Å². The SMILES string of the molecule is CNc1ccncc1S(=O)(=O)N1CCOC(CO)C1. The van der Waals surface area contributed by atoms with Crippen molar-refractivity contribution in [2.75, 3.05) is 38.7 Å². The highest BCUT2D eigenvalue weighted by Crippen LogP contribution is 2.24. The second kappa shape index (κ2) is 5.83. The van der Waals surface area contributed by atoms with Crippen LogP contribution in [-0.4, -0.2) is 62.3 Å². The Kier molecular flexibility index (Phi) is 4.35. The van der Waals surface area contributed by atoms with Crippen LogP contribution in [0, 0.1) is 0 Å². The van der Waals surface area contributed by atoms with Crippen molar-refractivity contribution in [2.45, 2.75) is 11.0 Å². The zero-order valence-electron chi connectivity index (χ0n) is 10.6. The number of nitrogens with zero attached hydrogens (tertiary/aromatic N) is 2. The largest absolute Gasteiger partial charge is 0.394 e. The number of hydrogen-bond acceptors (Lipinski definition) is 6. The summed E-state index contributed by atoms with van der Waals surface area (Å²) >= 11 is 0. The van der Waals surface area contributed by atoms with E-state index >= 15 is 0 Å². The third-order valence-corrected chi connectivity index (χ3v) is 4.87. The van der Waals surface area contributed by atoms with Crippen molar-refractivity contribution in [3.05, 3.63) is 18.5 Å². The first-order valence-corrected chi connectivity index (χ1v) is 7.38. The molecule has 1 aliphatic heterocycles. The van der Waals surface area contributed by atoms with Crippen LogP contribution >= 0.6 is 0 Å². The topological polar surface area (TPSA) is 91.8 Å². The van der Waals surface area contributed by atoms with Crippen LogP contribution in [0.2, 0.25) is 0 Å². The maximum atomic E-state index is 12.5. The molecule has 0 saturated carbocycles. The molecule has 1 aliphatic rings. The molecule has 106 valence electrons. The maximum Gasteiger partial charge on any atom is 0.246 e. The molecule has 7 nitrogen and oxygen atoms in total. The second-order valence-corrected chi connectivity index (χ2v) is 6.07. The van der Waals surface area contributed by atoms with Crippen LogP contribution in [0.5, 0.6) is 0 Å². The first-order chi connectivity index (χ1) is 9.09. The summed E-state index contributed by atoms with van der Waals surface area (Å²) in [5, 5.41) is 11.9. The Morgan fingerprint density at radius 2 is 2.42 bits per heavy atom. The highest BCUT2D eigenvalue weighted by Gasteiger charge is 2.32. The van der Waals surface area contributed by atoms with E-state index in [2.05, 4.69) is 10.3 Å². The van der Waals surface area contributed by atoms with E-state index in [1.54, 1.807) is 13.1 Å². The van der Waals surface area contributed by atoms with E-state index in [1.165, 1.54) is 16.7 Å². The average molecular weight is 287 g/mol. The molecule has 0 aliphatic carbocycles. The number of hydrogen-bond donors (Lipinski definition) is 2. The van der Waals surface area contributed by atoms with Gasteiger partial charge in [-0.2, -0.15) is 4.31 Å². The Morgan fingerprint density at radius 1 is 1.63 bits per heavy atom. The summed E-state index contributed by atoms with van der Waals surface area (Å²) in [6.45, 7) is 0.505. The van der Waals surface area contributed by atoms with E-state index < -0.39 is 16.1 Å². The smallest absolute Gasteiger partial charge is 0.246 e. The number of aliphatic hydroxyl groups excluding tert-OH is 1. The van der Waals surface area contributed by atoms with Crippen LogP contribution < -0.4 is 5.32 Å². The van der Waals surface area contributed by atoms with Gasteiger partial charge in [0, 0.05) is 32.5 Å². The lowest BCUT2D eigenvalue weighted by atomic mass is 10.3. The van der Waals surface area contributed by atoms with Gasteiger partial charge in [-0.1, -0.05) is 0 Å². The lowest BCUT2D eigenvalue weighted by Crippen LogP contribution is -2.46. The molecule has 1 saturated heterocycles. The zero-order chi connectivity index (χ0) is 13.9. The van der Waals surface area contributed by atoms with Gasteiger partial charge in [0.15, 0.2) is 0 Å². The monoisotopic (exact) mass is 287 g/mol. The Labute approximate surface area is 112 Å². The molecule has 0 bridgehead atoms. The number of pyridine rings is 1. The maximum absolute atomic E-state index is 12.5. The fourth-order valence-corrected chi connectivity index (χ4v) is 3.55. The molecule has 0 aromatic carbocycles. The summed E-state index contributed by atoms with van der Waals surface area (Å²) in [6.07, 6.45) is 2.38. The van der Waals surface area contributed by atoms with Crippen LogP contribution in [0.1, 0.15) is 0 Å². The van der Waals surface area contributed by atoms with Gasteiger partial charge in [-0.15, -0.1) is 0 Å². The first kappa shape index (κ1) is 14.2. The first-order valence-electron chi connectivity index (χ1n) is 5.94. The van der Waals surface area contributed by atoms with Gasteiger partial charge < -0.3 is 15.2 Å². The fraction of sp³-hybridized carbons (Fsp3) is 0.545. The molecule has 0 radical (unpaired) electrons. The number of sulfonamides is 1. The predicted octanol–water partition coefficient (Wildman–Crippen LogP) is -0.495. The number of nitrogens with one attached hydrogen (secondary N) is 1.